The Kier molecular flexibility index (Phi) is 25.6. The summed E-state index contributed by atoms with van der Waals surface area (Å²) < 4.78 is 22.8. The van der Waals surface area contributed by atoms with Gasteiger partial charge in [-0.25, -0.2) is 0 Å². The van der Waals surface area contributed by atoms with Crippen LogP contribution >= 0.6 is 0 Å². The standard InChI is InChI=1S/AsH3.Na.H2O3S.H/c;;1-4(2)3;/h1H3;;(H2,1,2,3);. The van der Waals surface area contributed by atoms with Gasteiger partial charge in [-0.15, -0.1) is 0 Å². The first kappa shape index (κ1) is 15.6. The van der Waals surface area contributed by atoms with Crippen molar-refractivity contribution >= 4 is 58.9 Å². The molecule has 0 aliphatic carbocycles. The molecule has 1 unspecified atom stereocenters. The molecule has 1 atom stereocenters. The van der Waals surface area contributed by atoms with E-state index in [1.54, 1.807) is 0 Å². The van der Waals surface area contributed by atoms with Gasteiger partial charge in [0.15, 0.2) is 0 Å². The van der Waals surface area contributed by atoms with E-state index in [2.05, 4.69) is 0 Å². The van der Waals surface area contributed by atoms with Crippen molar-refractivity contribution in [1.29, 1.82) is 0 Å². The number of rotatable bonds is 0. The molecule has 36 valence electrons. The van der Waals surface area contributed by atoms with Gasteiger partial charge in [0.25, 0.3) is 11.4 Å². The van der Waals surface area contributed by atoms with Crippen molar-refractivity contribution in [2.75, 3.05) is 0 Å². The summed E-state index contributed by atoms with van der Waals surface area (Å²) in [5.74, 6) is 0. The van der Waals surface area contributed by atoms with Crippen LogP contribution in [0.1, 0.15) is 0 Å². The first-order valence-corrected chi connectivity index (χ1v) is 1.60. The average Bonchev–Trinajstić information content (AvgIpc) is 0.811. The average molecular weight is 184 g/mol. The fourth-order valence-electron chi connectivity index (χ4n) is 0. The fraction of sp³-hybridized carbons (Fsp3) is 0. The van der Waals surface area contributed by atoms with Crippen LogP contribution in [-0.2, 0) is 11.4 Å². The Morgan fingerprint density at radius 3 is 1.33 bits per heavy atom. The molecule has 0 aromatic carbocycles. The number of hydrogen-bond acceptors (Lipinski definition) is 1. The maximum absolute atomic E-state index is 8.67. The first-order chi connectivity index (χ1) is 1.73. The normalized spacial score (nSPS) is 5.83. The van der Waals surface area contributed by atoms with Crippen LogP contribution in [0.25, 0.3) is 0 Å². The first-order valence-electron chi connectivity index (χ1n) is 0.532. The van der Waals surface area contributed by atoms with Crippen molar-refractivity contribution in [1.82, 2.24) is 0 Å². The van der Waals surface area contributed by atoms with E-state index in [9.17, 15) is 0 Å². The summed E-state index contributed by atoms with van der Waals surface area (Å²) in [5.41, 5.74) is 0. The van der Waals surface area contributed by atoms with E-state index in [4.69, 9.17) is 13.3 Å². The molecule has 6 heavy (non-hydrogen) atoms. The molecule has 0 aliphatic rings. The van der Waals surface area contributed by atoms with Crippen LogP contribution in [0, 0.1) is 0 Å². The van der Waals surface area contributed by atoms with E-state index in [0.717, 1.165) is 0 Å². The van der Waals surface area contributed by atoms with Gasteiger partial charge in [-0.1, -0.05) is 0 Å². The Bertz CT molecular complexity index is 33.8. The van der Waals surface area contributed by atoms with Gasteiger partial charge in [0.2, 0.25) is 0 Å². The van der Waals surface area contributed by atoms with Gasteiger partial charge in [-0.05, 0) is 0 Å². The minimum absolute atomic E-state index is 0. The summed E-state index contributed by atoms with van der Waals surface area (Å²) in [6, 6.07) is 0. The quantitative estimate of drug-likeness (QED) is 0.333. The van der Waals surface area contributed by atoms with E-state index in [1.807, 2.05) is 0 Å². The zero-order chi connectivity index (χ0) is 3.58. The summed E-state index contributed by atoms with van der Waals surface area (Å²) in [6.07, 6.45) is 0. The topological polar surface area (TPSA) is 57.5 Å². The molecule has 0 aliphatic heterocycles. The van der Waals surface area contributed by atoms with Crippen molar-refractivity contribution in [2.45, 2.75) is 0 Å². The predicted octanol–water partition coefficient (Wildman–Crippen LogP) is -2.15. The third-order valence-corrected chi connectivity index (χ3v) is 0. The van der Waals surface area contributed by atoms with Crippen molar-refractivity contribution in [3.8, 4) is 0 Å². The Morgan fingerprint density at radius 2 is 1.33 bits per heavy atom. The van der Waals surface area contributed by atoms with Crippen LogP contribution in [0.4, 0.5) is 0 Å². The Hall–Kier alpha value is 1.63. The molecule has 0 aromatic heterocycles. The van der Waals surface area contributed by atoms with Gasteiger partial charge >= 0.3 is 47.5 Å². The zero-order valence-electron chi connectivity index (χ0n) is 2.42. The molecule has 0 fully saturated rings. The van der Waals surface area contributed by atoms with Gasteiger partial charge in [0.1, 0.15) is 0 Å². The van der Waals surface area contributed by atoms with Crippen LogP contribution in [0.5, 0.6) is 0 Å². The molecule has 2 N–H and O–H groups in total. The van der Waals surface area contributed by atoms with E-state index in [0.29, 0.717) is 0 Å². The fourth-order valence-corrected chi connectivity index (χ4v) is 0. The second-order valence-corrected chi connectivity index (χ2v) is 0.692. The molecule has 0 saturated heterocycles. The van der Waals surface area contributed by atoms with E-state index < -0.39 is 11.4 Å². The molecule has 0 saturated carbocycles. The molecular weight excluding hydrogens is 178 g/mol. The zero-order valence-corrected chi connectivity index (χ0v) is 6.20. The second kappa shape index (κ2) is 9.80. The van der Waals surface area contributed by atoms with E-state index in [-0.39, 0.29) is 47.5 Å². The van der Waals surface area contributed by atoms with Crippen molar-refractivity contribution in [2.24, 2.45) is 0 Å². The van der Waals surface area contributed by atoms with Gasteiger partial charge < -0.3 is 0 Å². The van der Waals surface area contributed by atoms with Crippen LogP contribution in [0.3, 0.4) is 0 Å². The SMILES string of the molecule is O=S(O)O.[AsH3].[NaH]. The second-order valence-electron chi connectivity index (χ2n) is 0.231. The van der Waals surface area contributed by atoms with Gasteiger partial charge in [0.05, 0.1) is 0 Å². The van der Waals surface area contributed by atoms with Crippen LogP contribution in [-0.4, -0.2) is 60.8 Å². The monoisotopic (exact) mass is 184 g/mol. The molecular formula is H6AsNaO3S. The predicted molar refractivity (Wildman–Crippen MR) is 30.5 cm³/mol. The summed E-state index contributed by atoms with van der Waals surface area (Å²) >= 11 is -2.61. The van der Waals surface area contributed by atoms with Gasteiger partial charge in [0, 0.05) is 0 Å². The molecule has 3 nitrogen and oxygen atoms in total. The van der Waals surface area contributed by atoms with Crippen LogP contribution in [0.15, 0.2) is 0 Å². The Morgan fingerprint density at radius 1 is 1.33 bits per heavy atom. The molecule has 0 heterocycles. The summed E-state index contributed by atoms with van der Waals surface area (Å²) in [5, 5.41) is 0. The van der Waals surface area contributed by atoms with Crippen molar-refractivity contribution < 1.29 is 13.3 Å². The van der Waals surface area contributed by atoms with Crippen molar-refractivity contribution in [3.05, 3.63) is 0 Å². The molecule has 0 radical (unpaired) electrons. The molecule has 6 heteroatoms. The third kappa shape index (κ3) is 45.5. The number of hydrogen-bond donors (Lipinski definition) is 2. The summed E-state index contributed by atoms with van der Waals surface area (Å²) in [4.78, 5) is 0. The van der Waals surface area contributed by atoms with Gasteiger partial charge in [-0.3, -0.25) is 9.11 Å². The molecule has 0 bridgehead atoms. The Balaban J connectivity index is -0.0000000450. The van der Waals surface area contributed by atoms with Crippen LogP contribution < -0.4 is 0 Å². The molecule has 0 rings (SSSR count). The summed E-state index contributed by atoms with van der Waals surface area (Å²) in [7, 11) is 0. The van der Waals surface area contributed by atoms with E-state index >= 15 is 0 Å². The molecule has 0 spiro atoms. The summed E-state index contributed by atoms with van der Waals surface area (Å²) in [6.45, 7) is 0. The van der Waals surface area contributed by atoms with E-state index in [1.165, 1.54) is 0 Å². The third-order valence-electron chi connectivity index (χ3n) is 0. The maximum atomic E-state index is 8.67. The van der Waals surface area contributed by atoms with Crippen molar-refractivity contribution in [3.63, 3.8) is 0 Å². The van der Waals surface area contributed by atoms with Crippen LogP contribution in [0.2, 0.25) is 0 Å². The van der Waals surface area contributed by atoms with Gasteiger partial charge in [-0.2, -0.15) is 4.21 Å². The minimum atomic E-state index is -2.61. The molecule has 0 aromatic rings. The molecule has 0 amide bonds. The Labute approximate surface area is 71.6 Å².